The first-order valence-corrected chi connectivity index (χ1v) is 7.22. The van der Waals surface area contributed by atoms with Crippen LogP contribution in [0.5, 0.6) is 0 Å². The van der Waals surface area contributed by atoms with Gasteiger partial charge in [0, 0.05) is 25.6 Å². The van der Waals surface area contributed by atoms with E-state index in [-0.39, 0.29) is 11.9 Å². The molecule has 0 radical (unpaired) electrons. The number of nitrogens with two attached hydrogens (primary N) is 1. The molecule has 5 heteroatoms. The van der Waals surface area contributed by atoms with Gasteiger partial charge in [0.2, 0.25) is 5.91 Å². The van der Waals surface area contributed by atoms with Gasteiger partial charge in [-0.15, -0.1) is 0 Å². The molecule has 19 heavy (non-hydrogen) atoms. The molecule has 0 aromatic carbocycles. The van der Waals surface area contributed by atoms with Gasteiger partial charge in [-0.1, -0.05) is 26.7 Å². The average Bonchev–Trinajstić information content (AvgIpc) is 2.75. The summed E-state index contributed by atoms with van der Waals surface area (Å²) in [5, 5.41) is 9.40. The van der Waals surface area contributed by atoms with Gasteiger partial charge in [0.1, 0.15) is 0 Å². The van der Waals surface area contributed by atoms with Crippen molar-refractivity contribution in [3.63, 3.8) is 0 Å². The summed E-state index contributed by atoms with van der Waals surface area (Å²) in [6.45, 7) is 4.90. The molecule has 0 aliphatic carbocycles. The van der Waals surface area contributed by atoms with Crippen molar-refractivity contribution in [3.8, 4) is 0 Å². The molecular formula is C14H26N2O3. The van der Waals surface area contributed by atoms with Crippen molar-refractivity contribution >= 4 is 11.9 Å². The Hall–Kier alpha value is -1.10. The van der Waals surface area contributed by atoms with Crippen molar-refractivity contribution in [2.75, 3.05) is 13.1 Å². The molecular weight excluding hydrogens is 244 g/mol. The second-order valence-electron chi connectivity index (χ2n) is 5.65. The second kappa shape index (κ2) is 6.89. The molecule has 1 aliphatic heterocycles. The third-order valence-electron chi connectivity index (χ3n) is 3.99. The van der Waals surface area contributed by atoms with E-state index in [4.69, 9.17) is 5.73 Å². The van der Waals surface area contributed by atoms with E-state index in [1.807, 2.05) is 13.8 Å². The third-order valence-corrected chi connectivity index (χ3v) is 3.99. The van der Waals surface area contributed by atoms with E-state index in [2.05, 4.69) is 0 Å². The molecule has 5 nitrogen and oxygen atoms in total. The summed E-state index contributed by atoms with van der Waals surface area (Å²) in [6.07, 6.45) is 4.14. The fourth-order valence-electron chi connectivity index (χ4n) is 2.88. The highest BCUT2D eigenvalue weighted by Gasteiger charge is 2.45. The lowest BCUT2D eigenvalue weighted by atomic mass is 9.83. The number of carboxylic acids is 1. The van der Waals surface area contributed by atoms with Crippen LogP contribution in [0.2, 0.25) is 0 Å². The lowest BCUT2D eigenvalue weighted by Gasteiger charge is -2.24. The molecule has 0 saturated carbocycles. The number of hydrogen-bond donors (Lipinski definition) is 2. The first-order chi connectivity index (χ1) is 8.95. The van der Waals surface area contributed by atoms with E-state index in [1.54, 1.807) is 4.90 Å². The van der Waals surface area contributed by atoms with Crippen LogP contribution in [-0.4, -0.2) is 41.0 Å². The normalized spacial score (nSPS) is 24.5. The number of amides is 1. The van der Waals surface area contributed by atoms with Crippen LogP contribution in [0, 0.1) is 5.41 Å². The number of likely N-dealkylation sites (tertiary alicyclic amines) is 1. The van der Waals surface area contributed by atoms with Gasteiger partial charge in [-0.25, -0.2) is 0 Å². The first-order valence-electron chi connectivity index (χ1n) is 7.22. The van der Waals surface area contributed by atoms with Crippen molar-refractivity contribution < 1.29 is 14.7 Å². The number of rotatable bonds is 7. The molecule has 3 N–H and O–H groups in total. The third kappa shape index (κ3) is 3.93. The predicted molar refractivity (Wildman–Crippen MR) is 73.7 cm³/mol. The first kappa shape index (κ1) is 16.0. The minimum atomic E-state index is -0.775. The monoisotopic (exact) mass is 270 g/mol. The molecule has 0 spiro atoms. The number of nitrogens with zero attached hydrogens (tertiary/aromatic N) is 1. The molecule has 0 aromatic rings. The second-order valence-corrected chi connectivity index (χ2v) is 5.65. The highest BCUT2D eigenvalue weighted by Crippen LogP contribution is 2.35. The Labute approximate surface area is 115 Å². The van der Waals surface area contributed by atoms with E-state index in [0.29, 0.717) is 32.4 Å². The Morgan fingerprint density at radius 2 is 2.05 bits per heavy atom. The molecule has 2 unspecified atom stereocenters. The molecule has 1 heterocycles. The van der Waals surface area contributed by atoms with Crippen LogP contribution < -0.4 is 5.73 Å². The van der Waals surface area contributed by atoms with Crippen LogP contribution in [0.3, 0.4) is 0 Å². The lowest BCUT2D eigenvalue weighted by molar-refractivity contribution is -0.149. The van der Waals surface area contributed by atoms with Crippen molar-refractivity contribution in [3.05, 3.63) is 0 Å². The Morgan fingerprint density at radius 1 is 1.37 bits per heavy atom. The summed E-state index contributed by atoms with van der Waals surface area (Å²) in [6, 6.07) is -0.108. The van der Waals surface area contributed by atoms with E-state index in [9.17, 15) is 14.7 Å². The van der Waals surface area contributed by atoms with Gasteiger partial charge in [-0.3, -0.25) is 9.59 Å². The van der Waals surface area contributed by atoms with Gasteiger partial charge in [0.25, 0.3) is 0 Å². The van der Waals surface area contributed by atoms with Crippen LogP contribution in [0.15, 0.2) is 0 Å². The standard InChI is InChI=1S/C14H26N2O3/c1-3-5-11(15)9-12(17)16-8-7-14(10-16,6-4-2)13(18)19/h11H,3-10,15H2,1-2H3,(H,18,19). The zero-order valence-corrected chi connectivity index (χ0v) is 12.0. The predicted octanol–water partition coefficient (Wildman–Crippen LogP) is 1.61. The topological polar surface area (TPSA) is 83.6 Å². The van der Waals surface area contributed by atoms with Crippen LogP contribution in [0.1, 0.15) is 52.4 Å². The van der Waals surface area contributed by atoms with E-state index in [0.717, 1.165) is 19.3 Å². The molecule has 2 atom stereocenters. The molecule has 110 valence electrons. The van der Waals surface area contributed by atoms with E-state index < -0.39 is 11.4 Å². The molecule has 0 bridgehead atoms. The molecule has 0 aromatic heterocycles. The van der Waals surface area contributed by atoms with E-state index >= 15 is 0 Å². The van der Waals surface area contributed by atoms with Crippen molar-refractivity contribution in [1.29, 1.82) is 0 Å². The van der Waals surface area contributed by atoms with Crippen LogP contribution >= 0.6 is 0 Å². The molecule has 1 amide bonds. The fourth-order valence-corrected chi connectivity index (χ4v) is 2.88. The van der Waals surface area contributed by atoms with E-state index in [1.165, 1.54) is 0 Å². The minimum Gasteiger partial charge on any atom is -0.481 e. The van der Waals surface area contributed by atoms with Gasteiger partial charge in [0.05, 0.1) is 5.41 Å². The van der Waals surface area contributed by atoms with Crippen molar-refractivity contribution in [2.45, 2.75) is 58.4 Å². The summed E-state index contributed by atoms with van der Waals surface area (Å²) in [7, 11) is 0. The van der Waals surface area contributed by atoms with Crippen LogP contribution in [0.4, 0.5) is 0 Å². The molecule has 1 aliphatic rings. The number of carbonyl (C=O) groups excluding carboxylic acids is 1. The van der Waals surface area contributed by atoms with Gasteiger partial charge in [-0.05, 0) is 19.3 Å². The van der Waals surface area contributed by atoms with Crippen LogP contribution in [0.25, 0.3) is 0 Å². The summed E-state index contributed by atoms with van der Waals surface area (Å²) in [4.78, 5) is 25.2. The number of hydrogen-bond acceptors (Lipinski definition) is 3. The molecule has 1 fully saturated rings. The quantitative estimate of drug-likeness (QED) is 0.736. The van der Waals surface area contributed by atoms with Gasteiger partial charge >= 0.3 is 5.97 Å². The zero-order chi connectivity index (χ0) is 14.5. The lowest BCUT2D eigenvalue weighted by Crippen LogP contribution is -2.38. The molecule has 1 rings (SSSR count). The minimum absolute atomic E-state index is 0.000165. The Kier molecular flexibility index (Phi) is 5.79. The highest BCUT2D eigenvalue weighted by molar-refractivity contribution is 5.81. The maximum Gasteiger partial charge on any atom is 0.311 e. The Bertz CT molecular complexity index is 333. The summed E-state index contributed by atoms with van der Waals surface area (Å²) in [5.74, 6) is -0.775. The maximum atomic E-state index is 12.1. The summed E-state index contributed by atoms with van der Waals surface area (Å²) >= 11 is 0. The number of carboxylic acid groups (broad SMARTS) is 1. The van der Waals surface area contributed by atoms with Crippen LogP contribution in [-0.2, 0) is 9.59 Å². The maximum absolute atomic E-state index is 12.1. The highest BCUT2D eigenvalue weighted by atomic mass is 16.4. The largest absolute Gasteiger partial charge is 0.481 e. The molecule has 1 saturated heterocycles. The van der Waals surface area contributed by atoms with Gasteiger partial charge < -0.3 is 15.7 Å². The Morgan fingerprint density at radius 3 is 2.58 bits per heavy atom. The number of aliphatic carboxylic acids is 1. The van der Waals surface area contributed by atoms with Crippen molar-refractivity contribution in [2.24, 2.45) is 11.1 Å². The summed E-state index contributed by atoms with van der Waals surface area (Å²) < 4.78 is 0. The SMILES string of the molecule is CCCC(N)CC(=O)N1CCC(CCC)(C(=O)O)C1. The fraction of sp³-hybridized carbons (Fsp3) is 0.857. The summed E-state index contributed by atoms with van der Waals surface area (Å²) in [5.41, 5.74) is 5.14. The average molecular weight is 270 g/mol. The van der Waals surface area contributed by atoms with Gasteiger partial charge in [0.15, 0.2) is 0 Å². The Balaban J connectivity index is 2.59. The van der Waals surface area contributed by atoms with Crippen molar-refractivity contribution in [1.82, 2.24) is 4.90 Å². The zero-order valence-electron chi connectivity index (χ0n) is 12.0. The number of carbonyl (C=O) groups is 2. The smallest absolute Gasteiger partial charge is 0.311 e. The van der Waals surface area contributed by atoms with Gasteiger partial charge in [-0.2, -0.15) is 0 Å².